The first-order valence-electron chi connectivity index (χ1n) is 7.98. The molecule has 1 aromatic heterocycles. The molecule has 130 valence electrons. The Morgan fingerprint density at radius 3 is 2.52 bits per heavy atom. The van der Waals surface area contributed by atoms with E-state index in [0.717, 1.165) is 16.6 Å². The molecule has 1 N–H and O–H groups in total. The van der Waals surface area contributed by atoms with Crippen LogP contribution in [0.2, 0.25) is 0 Å². The van der Waals surface area contributed by atoms with Gasteiger partial charge in [-0.05, 0) is 50.8 Å². The summed E-state index contributed by atoms with van der Waals surface area (Å²) in [6, 6.07) is 16.3. The minimum absolute atomic E-state index is 0.244. The zero-order valence-corrected chi connectivity index (χ0v) is 15.3. The van der Waals surface area contributed by atoms with Gasteiger partial charge in [0, 0.05) is 11.9 Å². The molecule has 0 aliphatic heterocycles. The minimum Gasteiger partial charge on any atom is -0.304 e. The summed E-state index contributed by atoms with van der Waals surface area (Å²) in [5.41, 5.74) is 2.92. The van der Waals surface area contributed by atoms with Gasteiger partial charge in [-0.3, -0.25) is 4.72 Å². The summed E-state index contributed by atoms with van der Waals surface area (Å²) in [6.45, 7) is 2.56. The summed E-state index contributed by atoms with van der Waals surface area (Å²) in [7, 11) is 0.277. The molecular weight excluding hydrogens is 334 g/mol. The van der Waals surface area contributed by atoms with Gasteiger partial charge in [0.2, 0.25) is 0 Å². The zero-order chi connectivity index (χ0) is 18.0. The number of pyridine rings is 1. The van der Waals surface area contributed by atoms with Crippen molar-refractivity contribution >= 4 is 26.6 Å². The van der Waals surface area contributed by atoms with Gasteiger partial charge in [0.1, 0.15) is 0 Å². The SMILES string of the molecule is Cc1cccc(S(=O)(=O)Nc2cccc3ccc(CN(C)C)nc23)c1. The molecule has 0 saturated carbocycles. The van der Waals surface area contributed by atoms with Crippen molar-refractivity contribution in [1.82, 2.24) is 9.88 Å². The third kappa shape index (κ3) is 3.97. The van der Waals surface area contributed by atoms with Crippen LogP contribution in [0.25, 0.3) is 10.9 Å². The van der Waals surface area contributed by atoms with Crippen LogP contribution in [0.3, 0.4) is 0 Å². The fourth-order valence-electron chi connectivity index (χ4n) is 2.67. The molecule has 0 fully saturated rings. The van der Waals surface area contributed by atoms with Gasteiger partial charge >= 0.3 is 0 Å². The highest BCUT2D eigenvalue weighted by Gasteiger charge is 2.16. The van der Waals surface area contributed by atoms with Crippen LogP contribution in [0.1, 0.15) is 11.3 Å². The van der Waals surface area contributed by atoms with Crippen molar-refractivity contribution in [1.29, 1.82) is 0 Å². The number of hydrogen-bond donors (Lipinski definition) is 1. The van der Waals surface area contributed by atoms with Gasteiger partial charge in [0.25, 0.3) is 10.0 Å². The van der Waals surface area contributed by atoms with Crippen LogP contribution in [-0.4, -0.2) is 32.4 Å². The maximum absolute atomic E-state index is 12.7. The lowest BCUT2D eigenvalue weighted by atomic mass is 10.2. The quantitative estimate of drug-likeness (QED) is 0.762. The Bertz CT molecular complexity index is 1010. The number of fused-ring (bicyclic) bond motifs is 1. The first kappa shape index (κ1) is 17.4. The lowest BCUT2D eigenvalue weighted by Crippen LogP contribution is -2.14. The number of anilines is 1. The van der Waals surface area contributed by atoms with Gasteiger partial charge in [-0.25, -0.2) is 13.4 Å². The normalized spacial score (nSPS) is 11.8. The largest absolute Gasteiger partial charge is 0.304 e. The first-order chi connectivity index (χ1) is 11.8. The molecule has 0 radical (unpaired) electrons. The molecule has 6 heteroatoms. The summed E-state index contributed by atoms with van der Waals surface area (Å²) in [4.78, 5) is 6.91. The van der Waals surface area contributed by atoms with Crippen LogP contribution in [-0.2, 0) is 16.6 Å². The van der Waals surface area contributed by atoms with E-state index >= 15 is 0 Å². The summed E-state index contributed by atoms with van der Waals surface area (Å²) < 4.78 is 28.1. The molecular formula is C19H21N3O2S. The molecule has 3 rings (SSSR count). The van der Waals surface area contributed by atoms with Crippen LogP contribution >= 0.6 is 0 Å². The van der Waals surface area contributed by atoms with Crippen LogP contribution in [0, 0.1) is 6.92 Å². The summed E-state index contributed by atoms with van der Waals surface area (Å²) >= 11 is 0. The number of nitrogens with zero attached hydrogens (tertiary/aromatic N) is 2. The number of aromatic nitrogens is 1. The maximum Gasteiger partial charge on any atom is 0.261 e. The summed E-state index contributed by atoms with van der Waals surface area (Å²) in [6.07, 6.45) is 0. The highest BCUT2D eigenvalue weighted by molar-refractivity contribution is 7.92. The van der Waals surface area contributed by atoms with E-state index in [1.165, 1.54) is 0 Å². The fraction of sp³-hybridized carbons (Fsp3) is 0.211. The number of hydrogen-bond acceptors (Lipinski definition) is 4. The van der Waals surface area contributed by atoms with Gasteiger partial charge in [-0.15, -0.1) is 0 Å². The Morgan fingerprint density at radius 2 is 1.80 bits per heavy atom. The van der Waals surface area contributed by atoms with E-state index in [9.17, 15) is 8.42 Å². The smallest absolute Gasteiger partial charge is 0.261 e. The lowest BCUT2D eigenvalue weighted by molar-refractivity contribution is 0.397. The van der Waals surface area contributed by atoms with Crippen LogP contribution in [0.5, 0.6) is 0 Å². The van der Waals surface area contributed by atoms with Crippen molar-refractivity contribution in [3.8, 4) is 0 Å². The van der Waals surface area contributed by atoms with Gasteiger partial charge in [0.05, 0.1) is 21.8 Å². The van der Waals surface area contributed by atoms with Crippen molar-refractivity contribution in [2.75, 3.05) is 18.8 Å². The molecule has 0 aliphatic rings. The standard InChI is InChI=1S/C19H21N3O2S/c1-14-6-4-8-17(12-14)25(23,24)21-18-9-5-7-15-10-11-16(13-22(2)3)20-19(15)18/h4-12,21H,13H2,1-3H3. The molecule has 0 aliphatic carbocycles. The number of rotatable bonds is 5. The Labute approximate surface area is 148 Å². The average Bonchev–Trinajstić information content (AvgIpc) is 2.54. The Morgan fingerprint density at radius 1 is 1.04 bits per heavy atom. The molecule has 0 bridgehead atoms. The van der Waals surface area contributed by atoms with Crippen molar-refractivity contribution in [3.05, 3.63) is 65.9 Å². The van der Waals surface area contributed by atoms with E-state index in [1.807, 2.05) is 56.3 Å². The lowest BCUT2D eigenvalue weighted by Gasteiger charge is -2.13. The average molecular weight is 355 g/mol. The highest BCUT2D eigenvalue weighted by atomic mass is 32.2. The first-order valence-corrected chi connectivity index (χ1v) is 9.46. The number of benzene rings is 2. The molecule has 2 aromatic carbocycles. The second-order valence-electron chi connectivity index (χ2n) is 6.34. The topological polar surface area (TPSA) is 62.3 Å². The van der Waals surface area contributed by atoms with E-state index in [4.69, 9.17) is 0 Å². The predicted octanol–water partition coefficient (Wildman–Crippen LogP) is 3.41. The second kappa shape index (κ2) is 6.82. The third-order valence-electron chi connectivity index (χ3n) is 3.80. The molecule has 3 aromatic rings. The second-order valence-corrected chi connectivity index (χ2v) is 8.02. The van der Waals surface area contributed by atoms with E-state index < -0.39 is 10.0 Å². The van der Waals surface area contributed by atoms with Crippen LogP contribution in [0.4, 0.5) is 5.69 Å². The van der Waals surface area contributed by atoms with E-state index in [1.54, 1.807) is 24.3 Å². The number of para-hydroxylation sites is 1. The minimum atomic E-state index is -3.66. The van der Waals surface area contributed by atoms with Gasteiger partial charge in [-0.1, -0.05) is 30.3 Å². The molecule has 0 spiro atoms. The van der Waals surface area contributed by atoms with Gasteiger partial charge in [-0.2, -0.15) is 0 Å². The van der Waals surface area contributed by atoms with Crippen molar-refractivity contribution in [3.63, 3.8) is 0 Å². The van der Waals surface area contributed by atoms with Crippen LogP contribution in [0.15, 0.2) is 59.5 Å². The summed E-state index contributed by atoms with van der Waals surface area (Å²) in [5.74, 6) is 0. The molecule has 0 unspecified atom stereocenters. The van der Waals surface area contributed by atoms with Crippen LogP contribution < -0.4 is 4.72 Å². The number of sulfonamides is 1. The molecule has 5 nitrogen and oxygen atoms in total. The number of aryl methyl sites for hydroxylation is 1. The molecule has 0 amide bonds. The Kier molecular flexibility index (Phi) is 4.74. The maximum atomic E-state index is 12.7. The molecule has 0 atom stereocenters. The molecule has 1 heterocycles. The van der Waals surface area contributed by atoms with Gasteiger partial charge in [0.15, 0.2) is 0 Å². The van der Waals surface area contributed by atoms with E-state index in [2.05, 4.69) is 9.71 Å². The highest BCUT2D eigenvalue weighted by Crippen LogP contribution is 2.25. The molecule has 0 saturated heterocycles. The monoisotopic (exact) mass is 355 g/mol. The molecule has 25 heavy (non-hydrogen) atoms. The van der Waals surface area contributed by atoms with Crippen molar-refractivity contribution in [2.45, 2.75) is 18.4 Å². The predicted molar refractivity (Wildman–Crippen MR) is 101 cm³/mol. The van der Waals surface area contributed by atoms with Gasteiger partial charge < -0.3 is 4.90 Å². The Hall–Kier alpha value is -2.44. The number of nitrogens with one attached hydrogen (secondary N) is 1. The summed E-state index contributed by atoms with van der Waals surface area (Å²) in [5, 5.41) is 0.895. The zero-order valence-electron chi connectivity index (χ0n) is 14.5. The van der Waals surface area contributed by atoms with Crippen molar-refractivity contribution < 1.29 is 8.42 Å². The van der Waals surface area contributed by atoms with Crippen molar-refractivity contribution in [2.24, 2.45) is 0 Å². The Balaban J connectivity index is 2.03. The van der Waals surface area contributed by atoms with E-state index in [0.29, 0.717) is 17.7 Å². The fourth-order valence-corrected chi connectivity index (χ4v) is 3.84. The third-order valence-corrected chi connectivity index (χ3v) is 5.16. The van der Waals surface area contributed by atoms with E-state index in [-0.39, 0.29) is 4.90 Å².